The van der Waals surface area contributed by atoms with Gasteiger partial charge in [-0.05, 0) is 18.1 Å². The SMILES string of the molecule is CCc1ccccc1Oc1ncc[nH]c1=O. The Hall–Kier alpha value is -2.10. The molecule has 0 amide bonds. The van der Waals surface area contributed by atoms with Crippen molar-refractivity contribution in [2.75, 3.05) is 0 Å². The fourth-order valence-electron chi connectivity index (χ4n) is 1.41. The van der Waals surface area contributed by atoms with Crippen LogP contribution in [0.1, 0.15) is 12.5 Å². The van der Waals surface area contributed by atoms with Crippen molar-refractivity contribution in [1.82, 2.24) is 9.97 Å². The summed E-state index contributed by atoms with van der Waals surface area (Å²) >= 11 is 0. The average molecular weight is 216 g/mol. The van der Waals surface area contributed by atoms with Gasteiger partial charge in [-0.3, -0.25) is 4.79 Å². The van der Waals surface area contributed by atoms with E-state index in [0.29, 0.717) is 5.75 Å². The number of aryl methyl sites for hydroxylation is 1. The lowest BCUT2D eigenvalue weighted by Crippen LogP contribution is -2.09. The number of para-hydroxylation sites is 1. The molecule has 0 radical (unpaired) electrons. The summed E-state index contributed by atoms with van der Waals surface area (Å²) in [5.41, 5.74) is 0.723. The van der Waals surface area contributed by atoms with Crippen LogP contribution in [0.4, 0.5) is 0 Å². The molecule has 0 bridgehead atoms. The fourth-order valence-corrected chi connectivity index (χ4v) is 1.41. The number of benzene rings is 1. The molecule has 2 rings (SSSR count). The lowest BCUT2D eigenvalue weighted by molar-refractivity contribution is 0.449. The highest BCUT2D eigenvalue weighted by Gasteiger charge is 2.06. The number of ether oxygens (including phenoxy) is 1. The molecule has 0 saturated carbocycles. The van der Waals surface area contributed by atoms with Crippen molar-refractivity contribution in [3.05, 3.63) is 52.6 Å². The highest BCUT2D eigenvalue weighted by atomic mass is 16.5. The van der Waals surface area contributed by atoms with Crippen molar-refractivity contribution < 1.29 is 4.74 Å². The van der Waals surface area contributed by atoms with E-state index >= 15 is 0 Å². The Morgan fingerprint density at radius 2 is 2.19 bits per heavy atom. The number of hydrogen-bond donors (Lipinski definition) is 1. The van der Waals surface area contributed by atoms with Gasteiger partial charge >= 0.3 is 5.56 Å². The molecule has 4 nitrogen and oxygen atoms in total. The molecule has 82 valence electrons. The Labute approximate surface area is 92.9 Å². The Morgan fingerprint density at radius 3 is 2.94 bits per heavy atom. The topological polar surface area (TPSA) is 55.0 Å². The summed E-state index contributed by atoms with van der Waals surface area (Å²) in [6, 6.07) is 7.60. The van der Waals surface area contributed by atoms with Gasteiger partial charge in [-0.2, -0.15) is 0 Å². The largest absolute Gasteiger partial charge is 0.434 e. The van der Waals surface area contributed by atoms with Gasteiger partial charge in [-0.1, -0.05) is 25.1 Å². The first kappa shape index (κ1) is 10.4. The van der Waals surface area contributed by atoms with Gasteiger partial charge in [0.2, 0.25) is 0 Å². The average Bonchev–Trinajstić information content (AvgIpc) is 2.33. The molecule has 0 fully saturated rings. The van der Waals surface area contributed by atoms with Gasteiger partial charge in [-0.25, -0.2) is 4.98 Å². The first-order chi connectivity index (χ1) is 7.81. The number of rotatable bonds is 3. The standard InChI is InChI=1S/C12H12N2O2/c1-2-9-5-3-4-6-10(9)16-12-11(15)13-7-8-14-12/h3-8H,2H2,1H3,(H,13,15). The lowest BCUT2D eigenvalue weighted by atomic mass is 10.1. The van der Waals surface area contributed by atoms with Crippen molar-refractivity contribution >= 4 is 0 Å². The second-order valence-electron chi connectivity index (χ2n) is 3.29. The van der Waals surface area contributed by atoms with Crippen molar-refractivity contribution in [2.45, 2.75) is 13.3 Å². The monoisotopic (exact) mass is 216 g/mol. The number of hydrogen-bond acceptors (Lipinski definition) is 3. The highest BCUT2D eigenvalue weighted by molar-refractivity contribution is 5.35. The van der Waals surface area contributed by atoms with Crippen molar-refractivity contribution in [3.63, 3.8) is 0 Å². The van der Waals surface area contributed by atoms with Crippen LogP contribution in [0.25, 0.3) is 0 Å². The van der Waals surface area contributed by atoms with E-state index in [4.69, 9.17) is 4.74 Å². The van der Waals surface area contributed by atoms with Gasteiger partial charge in [0.1, 0.15) is 5.75 Å². The molecule has 1 N–H and O–H groups in total. The molecule has 1 aromatic carbocycles. The number of aromatic nitrogens is 2. The summed E-state index contributed by atoms with van der Waals surface area (Å²) in [6.45, 7) is 2.03. The predicted molar refractivity (Wildman–Crippen MR) is 60.8 cm³/mol. The maximum atomic E-state index is 11.4. The first-order valence-corrected chi connectivity index (χ1v) is 5.10. The van der Waals surface area contributed by atoms with E-state index in [1.807, 2.05) is 31.2 Å². The minimum Gasteiger partial charge on any atom is -0.434 e. The van der Waals surface area contributed by atoms with Crippen LogP contribution in [0.3, 0.4) is 0 Å². The molecule has 0 spiro atoms. The Kier molecular flexibility index (Phi) is 3.00. The third kappa shape index (κ3) is 2.11. The van der Waals surface area contributed by atoms with Gasteiger partial charge in [0.05, 0.1) is 0 Å². The van der Waals surface area contributed by atoms with Gasteiger partial charge < -0.3 is 9.72 Å². The molecule has 0 aliphatic heterocycles. The molecule has 16 heavy (non-hydrogen) atoms. The van der Waals surface area contributed by atoms with Gasteiger partial charge in [-0.15, -0.1) is 0 Å². The maximum Gasteiger partial charge on any atom is 0.311 e. The van der Waals surface area contributed by atoms with E-state index in [2.05, 4.69) is 9.97 Å². The van der Waals surface area contributed by atoms with E-state index in [9.17, 15) is 4.79 Å². The second kappa shape index (κ2) is 4.61. The van der Waals surface area contributed by atoms with Crippen LogP contribution < -0.4 is 10.3 Å². The molecule has 0 aliphatic rings. The summed E-state index contributed by atoms with van der Waals surface area (Å²) in [7, 11) is 0. The predicted octanol–water partition coefficient (Wildman–Crippen LogP) is 2.12. The minimum absolute atomic E-state index is 0.0726. The molecule has 0 saturated heterocycles. The van der Waals surface area contributed by atoms with Crippen molar-refractivity contribution in [1.29, 1.82) is 0 Å². The summed E-state index contributed by atoms with van der Waals surface area (Å²) < 4.78 is 5.48. The van der Waals surface area contributed by atoms with E-state index < -0.39 is 0 Å². The zero-order valence-corrected chi connectivity index (χ0v) is 8.93. The molecule has 0 aliphatic carbocycles. The van der Waals surface area contributed by atoms with E-state index in [1.54, 1.807) is 0 Å². The second-order valence-corrected chi connectivity index (χ2v) is 3.29. The van der Waals surface area contributed by atoms with Crippen LogP contribution in [0, 0.1) is 0 Å². The van der Waals surface area contributed by atoms with Crippen LogP contribution in [0.15, 0.2) is 41.5 Å². The van der Waals surface area contributed by atoms with Gasteiger partial charge in [0.25, 0.3) is 5.88 Å². The summed E-state index contributed by atoms with van der Waals surface area (Å²) in [6.07, 6.45) is 3.81. The zero-order chi connectivity index (χ0) is 11.4. The number of H-pyrrole nitrogens is 1. The van der Waals surface area contributed by atoms with Crippen LogP contribution in [0.2, 0.25) is 0 Å². The summed E-state index contributed by atoms with van der Waals surface area (Å²) in [5.74, 6) is 0.748. The first-order valence-electron chi connectivity index (χ1n) is 5.10. The molecule has 0 atom stereocenters. The van der Waals surface area contributed by atoms with E-state index in [0.717, 1.165) is 12.0 Å². The molecule has 1 aromatic heterocycles. The zero-order valence-electron chi connectivity index (χ0n) is 8.93. The summed E-state index contributed by atoms with van der Waals surface area (Å²) in [5, 5.41) is 0. The Bertz CT molecular complexity index is 534. The fraction of sp³-hybridized carbons (Fsp3) is 0.167. The van der Waals surface area contributed by atoms with Gasteiger partial charge in [0, 0.05) is 12.4 Å². The van der Waals surface area contributed by atoms with E-state index in [-0.39, 0.29) is 11.4 Å². The van der Waals surface area contributed by atoms with Crippen molar-refractivity contribution in [3.8, 4) is 11.6 Å². The molecule has 4 heteroatoms. The Balaban J connectivity index is 2.34. The van der Waals surface area contributed by atoms with Crippen LogP contribution in [0.5, 0.6) is 11.6 Å². The molecule has 1 heterocycles. The smallest absolute Gasteiger partial charge is 0.311 e. The normalized spacial score (nSPS) is 10.1. The van der Waals surface area contributed by atoms with Crippen molar-refractivity contribution in [2.24, 2.45) is 0 Å². The number of nitrogens with zero attached hydrogens (tertiary/aromatic N) is 1. The van der Waals surface area contributed by atoms with Crippen LogP contribution >= 0.6 is 0 Å². The maximum absolute atomic E-state index is 11.4. The quantitative estimate of drug-likeness (QED) is 0.855. The van der Waals surface area contributed by atoms with Crippen LogP contribution in [-0.4, -0.2) is 9.97 Å². The third-order valence-corrected chi connectivity index (χ3v) is 2.24. The molecular weight excluding hydrogens is 204 g/mol. The molecule has 2 aromatic rings. The van der Waals surface area contributed by atoms with Crippen LogP contribution in [-0.2, 0) is 6.42 Å². The highest BCUT2D eigenvalue weighted by Crippen LogP contribution is 2.21. The van der Waals surface area contributed by atoms with Gasteiger partial charge in [0.15, 0.2) is 0 Å². The Morgan fingerprint density at radius 1 is 1.38 bits per heavy atom. The minimum atomic E-state index is -0.326. The number of nitrogens with one attached hydrogen (secondary N) is 1. The van der Waals surface area contributed by atoms with E-state index in [1.165, 1.54) is 12.4 Å². The molecule has 0 unspecified atom stereocenters. The summed E-state index contributed by atoms with van der Waals surface area (Å²) in [4.78, 5) is 17.8. The molecular formula is C12H12N2O2. The third-order valence-electron chi connectivity index (χ3n) is 2.24. The number of aromatic amines is 1. The lowest BCUT2D eigenvalue weighted by Gasteiger charge is -2.07.